The second-order valence-corrected chi connectivity index (χ2v) is 7.50. The number of aliphatic imine (C=N–C) groups is 1. The highest BCUT2D eigenvalue weighted by Crippen LogP contribution is 2.31. The molecule has 2 N–H and O–H groups in total. The Labute approximate surface area is 187 Å². The van der Waals surface area contributed by atoms with Gasteiger partial charge in [0.15, 0.2) is 12.6 Å². The van der Waals surface area contributed by atoms with E-state index in [2.05, 4.69) is 20.5 Å². The van der Waals surface area contributed by atoms with Gasteiger partial charge in [-0.3, -0.25) is 0 Å². The van der Waals surface area contributed by atoms with Crippen molar-refractivity contribution in [2.24, 2.45) is 10.9 Å². The van der Waals surface area contributed by atoms with Crippen molar-refractivity contribution in [3.63, 3.8) is 0 Å². The first kappa shape index (κ1) is 24.0. The van der Waals surface area contributed by atoms with Gasteiger partial charge in [-0.05, 0) is 56.3 Å². The van der Waals surface area contributed by atoms with Gasteiger partial charge >= 0.3 is 6.18 Å². The molecule has 1 aromatic rings. The van der Waals surface area contributed by atoms with Crippen molar-refractivity contribution in [2.45, 2.75) is 44.9 Å². The van der Waals surface area contributed by atoms with Gasteiger partial charge in [0, 0.05) is 25.7 Å². The summed E-state index contributed by atoms with van der Waals surface area (Å²) in [6, 6.07) is 7.39. The Morgan fingerprint density at radius 1 is 1.17 bits per heavy atom. The van der Waals surface area contributed by atoms with Gasteiger partial charge in [0.25, 0.3) is 0 Å². The predicted octanol–water partition coefficient (Wildman–Crippen LogP) is 3.79. The molecule has 3 rings (SSSR count). The molecule has 2 aliphatic rings. The van der Waals surface area contributed by atoms with Gasteiger partial charge in [-0.15, -0.1) is 24.0 Å². The molecule has 0 radical (unpaired) electrons. The van der Waals surface area contributed by atoms with Crippen LogP contribution < -0.4 is 15.4 Å². The third-order valence-corrected chi connectivity index (χ3v) is 5.03. The largest absolute Gasteiger partial charge is 0.484 e. The molecule has 0 spiro atoms. The lowest BCUT2D eigenvalue weighted by molar-refractivity contribution is -0.153. The molecule has 1 saturated carbocycles. The van der Waals surface area contributed by atoms with Gasteiger partial charge < -0.3 is 20.3 Å². The molecule has 29 heavy (non-hydrogen) atoms. The van der Waals surface area contributed by atoms with Crippen molar-refractivity contribution >= 4 is 29.9 Å². The number of rotatable bonds is 8. The van der Waals surface area contributed by atoms with Crippen LogP contribution in [0.1, 0.15) is 31.7 Å². The summed E-state index contributed by atoms with van der Waals surface area (Å²) in [5.41, 5.74) is 0.914. The molecule has 1 unspecified atom stereocenters. The quantitative estimate of drug-likeness (QED) is 0.308. The third-order valence-electron chi connectivity index (χ3n) is 5.03. The Morgan fingerprint density at radius 3 is 2.52 bits per heavy atom. The van der Waals surface area contributed by atoms with E-state index in [1.807, 2.05) is 6.92 Å². The number of halogens is 4. The van der Waals surface area contributed by atoms with Crippen molar-refractivity contribution in [3.05, 3.63) is 29.8 Å². The maximum atomic E-state index is 12.2. The van der Waals surface area contributed by atoms with Crippen LogP contribution in [0.5, 0.6) is 5.75 Å². The molecule has 9 heteroatoms. The Hall–Kier alpha value is -1.23. The smallest absolute Gasteiger partial charge is 0.422 e. The number of alkyl halides is 3. The van der Waals surface area contributed by atoms with Gasteiger partial charge in [-0.25, -0.2) is 4.99 Å². The van der Waals surface area contributed by atoms with Crippen molar-refractivity contribution in [1.29, 1.82) is 0 Å². The molecular weight excluding hydrogens is 496 g/mol. The van der Waals surface area contributed by atoms with Crippen molar-refractivity contribution < 1.29 is 17.9 Å². The third kappa shape index (κ3) is 8.57. The Kier molecular flexibility index (Phi) is 9.32. The molecule has 0 bridgehead atoms. The number of nitrogens with one attached hydrogen (secondary N) is 2. The molecule has 1 aliphatic heterocycles. The predicted molar refractivity (Wildman–Crippen MR) is 119 cm³/mol. The number of ether oxygens (including phenoxy) is 1. The molecule has 164 valence electrons. The average Bonchev–Trinajstić information content (AvgIpc) is 3.41. The first-order valence-electron chi connectivity index (χ1n) is 9.97. The second kappa shape index (κ2) is 11.2. The fraction of sp³-hybridized carbons (Fsp3) is 0.650. The van der Waals surface area contributed by atoms with E-state index in [4.69, 9.17) is 4.74 Å². The summed E-state index contributed by atoms with van der Waals surface area (Å²) in [6.45, 7) is 5.23. The van der Waals surface area contributed by atoms with E-state index >= 15 is 0 Å². The molecule has 1 atom stereocenters. The number of nitrogens with zero attached hydrogens (tertiary/aromatic N) is 2. The molecular formula is C20H30F3IN4O. The highest BCUT2D eigenvalue weighted by Gasteiger charge is 2.34. The van der Waals surface area contributed by atoms with E-state index in [0.29, 0.717) is 12.5 Å². The molecule has 1 aromatic carbocycles. The Bertz CT molecular complexity index is 650. The van der Waals surface area contributed by atoms with E-state index in [9.17, 15) is 13.2 Å². The summed E-state index contributed by atoms with van der Waals surface area (Å²) in [4.78, 5) is 7.18. The minimum atomic E-state index is -4.33. The molecule has 1 heterocycles. The fourth-order valence-electron chi connectivity index (χ4n) is 3.41. The molecule has 5 nitrogen and oxygen atoms in total. The average molecular weight is 526 g/mol. The standard InChI is InChI=1S/C20H29F3N4O.HI/c1-2-24-19(26-12-16-9-10-27(13-16)17-5-6-17)25-11-15-3-7-18(8-4-15)28-14-20(21,22)23;/h3-4,7-8,16-17H,2,5-6,9-14H2,1H3,(H2,24,25,26);1H. The summed E-state index contributed by atoms with van der Waals surface area (Å²) < 4.78 is 41.3. The lowest BCUT2D eigenvalue weighted by Gasteiger charge is -2.17. The van der Waals surface area contributed by atoms with Gasteiger partial charge in [-0.1, -0.05) is 12.1 Å². The van der Waals surface area contributed by atoms with E-state index in [0.717, 1.165) is 37.2 Å². The van der Waals surface area contributed by atoms with Crippen LogP contribution in [-0.2, 0) is 6.54 Å². The van der Waals surface area contributed by atoms with E-state index in [1.54, 1.807) is 24.3 Å². The van der Waals surface area contributed by atoms with Crippen LogP contribution in [0.3, 0.4) is 0 Å². The molecule has 1 aliphatic carbocycles. The minimum absolute atomic E-state index is 0. The van der Waals surface area contributed by atoms with Crippen molar-refractivity contribution in [1.82, 2.24) is 15.5 Å². The number of guanidine groups is 1. The van der Waals surface area contributed by atoms with Crippen LogP contribution in [-0.4, -0.2) is 55.9 Å². The monoisotopic (exact) mass is 526 g/mol. The number of hydrogen-bond acceptors (Lipinski definition) is 3. The van der Waals surface area contributed by atoms with Crippen LogP contribution in [0.15, 0.2) is 29.3 Å². The lowest BCUT2D eigenvalue weighted by Crippen LogP contribution is -2.40. The SMILES string of the molecule is CCNC(=NCc1ccc(OCC(F)(F)F)cc1)NCC1CCN(C2CC2)C1.I. The van der Waals surface area contributed by atoms with E-state index in [-0.39, 0.29) is 29.7 Å². The van der Waals surface area contributed by atoms with E-state index in [1.165, 1.54) is 25.8 Å². The number of benzene rings is 1. The van der Waals surface area contributed by atoms with Crippen molar-refractivity contribution in [2.75, 3.05) is 32.8 Å². The number of likely N-dealkylation sites (tertiary alicyclic amines) is 1. The normalized spacial score (nSPS) is 20.3. The maximum Gasteiger partial charge on any atom is 0.422 e. The summed E-state index contributed by atoms with van der Waals surface area (Å²) >= 11 is 0. The van der Waals surface area contributed by atoms with Gasteiger partial charge in [0.05, 0.1) is 6.54 Å². The van der Waals surface area contributed by atoms with Crippen LogP contribution in [0, 0.1) is 5.92 Å². The summed E-state index contributed by atoms with van der Waals surface area (Å²) in [5.74, 6) is 1.62. The minimum Gasteiger partial charge on any atom is -0.484 e. The molecule has 2 fully saturated rings. The highest BCUT2D eigenvalue weighted by molar-refractivity contribution is 14.0. The summed E-state index contributed by atoms with van der Waals surface area (Å²) in [5, 5.41) is 6.67. The lowest BCUT2D eigenvalue weighted by atomic mass is 10.1. The molecule has 0 aromatic heterocycles. The van der Waals surface area contributed by atoms with Gasteiger partial charge in [0.1, 0.15) is 5.75 Å². The first-order valence-corrected chi connectivity index (χ1v) is 9.97. The van der Waals surface area contributed by atoms with Crippen LogP contribution in [0.2, 0.25) is 0 Å². The van der Waals surface area contributed by atoms with Gasteiger partial charge in [0.2, 0.25) is 0 Å². The van der Waals surface area contributed by atoms with Crippen LogP contribution in [0.25, 0.3) is 0 Å². The topological polar surface area (TPSA) is 48.9 Å². The molecule has 0 amide bonds. The number of hydrogen-bond donors (Lipinski definition) is 2. The first-order chi connectivity index (χ1) is 13.4. The Morgan fingerprint density at radius 2 is 1.90 bits per heavy atom. The summed E-state index contributed by atoms with van der Waals surface area (Å²) in [7, 11) is 0. The Balaban J connectivity index is 0.00000300. The van der Waals surface area contributed by atoms with E-state index < -0.39 is 12.8 Å². The van der Waals surface area contributed by atoms with Crippen LogP contribution >= 0.6 is 24.0 Å². The molecule has 1 saturated heterocycles. The zero-order chi connectivity index (χ0) is 20.0. The zero-order valence-corrected chi connectivity index (χ0v) is 19.0. The second-order valence-electron chi connectivity index (χ2n) is 7.50. The maximum absolute atomic E-state index is 12.2. The van der Waals surface area contributed by atoms with Crippen LogP contribution in [0.4, 0.5) is 13.2 Å². The van der Waals surface area contributed by atoms with Crippen molar-refractivity contribution in [3.8, 4) is 5.75 Å². The summed E-state index contributed by atoms with van der Waals surface area (Å²) in [6.07, 6.45) is -0.402. The fourth-order valence-corrected chi connectivity index (χ4v) is 3.41. The zero-order valence-electron chi connectivity index (χ0n) is 16.7. The highest BCUT2D eigenvalue weighted by atomic mass is 127. The van der Waals surface area contributed by atoms with Gasteiger partial charge in [-0.2, -0.15) is 13.2 Å².